The van der Waals surface area contributed by atoms with Crippen LogP contribution < -0.4 is 9.47 Å². The first-order valence-corrected chi connectivity index (χ1v) is 9.01. The van der Waals surface area contributed by atoms with E-state index in [0.29, 0.717) is 37.7 Å². The molecule has 0 radical (unpaired) electrons. The van der Waals surface area contributed by atoms with Crippen molar-refractivity contribution in [2.75, 3.05) is 33.0 Å². The summed E-state index contributed by atoms with van der Waals surface area (Å²) in [6.45, 7) is 1.27. The third-order valence-electron chi connectivity index (χ3n) is 4.06. The zero-order valence-corrected chi connectivity index (χ0v) is 13.1. The van der Waals surface area contributed by atoms with Crippen molar-refractivity contribution in [2.45, 2.75) is 24.2 Å². The zero-order chi connectivity index (χ0) is 15.6. The van der Waals surface area contributed by atoms with Gasteiger partial charge < -0.3 is 9.47 Å². The number of hydrogen-bond acceptors (Lipinski definition) is 4. The van der Waals surface area contributed by atoms with Crippen molar-refractivity contribution in [2.24, 2.45) is 5.92 Å². The Morgan fingerprint density at radius 1 is 1.18 bits per heavy atom. The molecule has 2 aliphatic heterocycles. The van der Waals surface area contributed by atoms with E-state index < -0.39 is 16.7 Å². The van der Waals surface area contributed by atoms with Gasteiger partial charge in [-0.15, -0.1) is 0 Å². The molecular weight excluding hydrogens is 309 g/mol. The molecule has 0 aromatic heterocycles. The second-order valence-electron chi connectivity index (χ2n) is 5.68. The minimum atomic E-state index is -3.62. The smallest absolute Gasteiger partial charge is 0.243 e. The summed E-state index contributed by atoms with van der Waals surface area (Å²) in [5.74, 6) is 0.818. The molecule has 0 spiro atoms. The average Bonchev–Trinajstić information content (AvgIpc) is 2.79. The van der Waals surface area contributed by atoms with Crippen LogP contribution in [0.2, 0.25) is 0 Å². The third-order valence-corrected chi connectivity index (χ3v) is 5.92. The Balaban J connectivity index is 1.87. The van der Waals surface area contributed by atoms with Gasteiger partial charge in [-0.3, -0.25) is 4.39 Å². The van der Waals surface area contributed by atoms with E-state index in [1.807, 2.05) is 0 Å². The van der Waals surface area contributed by atoms with E-state index in [4.69, 9.17) is 9.47 Å². The van der Waals surface area contributed by atoms with Crippen molar-refractivity contribution in [1.82, 2.24) is 4.31 Å². The Morgan fingerprint density at radius 2 is 1.95 bits per heavy atom. The molecule has 5 nitrogen and oxygen atoms in total. The maximum absolute atomic E-state index is 12.9. The fourth-order valence-electron chi connectivity index (χ4n) is 2.82. The lowest BCUT2D eigenvalue weighted by atomic mass is 10.0. The topological polar surface area (TPSA) is 55.8 Å². The van der Waals surface area contributed by atoms with Crippen LogP contribution >= 0.6 is 0 Å². The first-order chi connectivity index (χ1) is 10.6. The standard InChI is InChI=1S/C15H20FNO4S/c16-10-12-3-1-6-17(11-12)22(18,19)13-4-5-14-15(9-13)21-8-2-7-20-14/h4-5,9,12H,1-3,6-8,10-11H2. The molecule has 1 saturated heterocycles. The molecule has 1 aromatic rings. The second kappa shape index (κ2) is 6.42. The summed E-state index contributed by atoms with van der Waals surface area (Å²) < 4.78 is 50.7. The molecule has 0 amide bonds. The van der Waals surface area contributed by atoms with Gasteiger partial charge in [0.2, 0.25) is 10.0 Å². The molecule has 2 aliphatic rings. The summed E-state index contributed by atoms with van der Waals surface area (Å²) >= 11 is 0. The Morgan fingerprint density at radius 3 is 2.73 bits per heavy atom. The van der Waals surface area contributed by atoms with Gasteiger partial charge in [0.05, 0.1) is 24.8 Å². The first-order valence-electron chi connectivity index (χ1n) is 7.57. The van der Waals surface area contributed by atoms with Gasteiger partial charge in [0, 0.05) is 31.5 Å². The molecule has 1 fully saturated rings. The van der Waals surface area contributed by atoms with Crippen LogP contribution in [0, 0.1) is 5.92 Å². The van der Waals surface area contributed by atoms with Crippen molar-refractivity contribution >= 4 is 10.0 Å². The molecule has 3 rings (SSSR count). The number of ether oxygens (including phenoxy) is 2. The molecule has 0 saturated carbocycles. The van der Waals surface area contributed by atoms with Crippen LogP contribution in [-0.2, 0) is 10.0 Å². The highest BCUT2D eigenvalue weighted by atomic mass is 32.2. The molecule has 7 heteroatoms. The normalized spacial score (nSPS) is 23.0. The molecule has 1 unspecified atom stereocenters. The lowest BCUT2D eigenvalue weighted by Gasteiger charge is -2.30. The van der Waals surface area contributed by atoms with Crippen LogP contribution in [0.5, 0.6) is 11.5 Å². The van der Waals surface area contributed by atoms with Gasteiger partial charge in [-0.05, 0) is 25.0 Å². The van der Waals surface area contributed by atoms with Gasteiger partial charge in [-0.2, -0.15) is 4.31 Å². The average molecular weight is 329 g/mol. The molecule has 22 heavy (non-hydrogen) atoms. The molecule has 0 aliphatic carbocycles. The monoisotopic (exact) mass is 329 g/mol. The molecule has 1 atom stereocenters. The number of sulfonamides is 1. The van der Waals surface area contributed by atoms with E-state index in [2.05, 4.69) is 0 Å². The summed E-state index contributed by atoms with van der Waals surface area (Å²) in [5, 5.41) is 0. The van der Waals surface area contributed by atoms with Crippen LogP contribution in [0.1, 0.15) is 19.3 Å². The predicted octanol–water partition coefficient (Wildman–Crippen LogP) is 2.22. The number of alkyl halides is 1. The maximum Gasteiger partial charge on any atom is 0.243 e. The largest absolute Gasteiger partial charge is 0.490 e. The van der Waals surface area contributed by atoms with Gasteiger partial charge in [0.25, 0.3) is 0 Å². The summed E-state index contributed by atoms with van der Waals surface area (Å²) in [4.78, 5) is 0.177. The summed E-state index contributed by atoms with van der Waals surface area (Å²) in [6, 6.07) is 4.67. The quantitative estimate of drug-likeness (QED) is 0.853. The van der Waals surface area contributed by atoms with Gasteiger partial charge in [-0.1, -0.05) is 0 Å². The van der Waals surface area contributed by atoms with E-state index in [1.54, 1.807) is 6.07 Å². The molecule has 1 aromatic carbocycles. The van der Waals surface area contributed by atoms with E-state index >= 15 is 0 Å². The minimum absolute atomic E-state index is 0.177. The highest BCUT2D eigenvalue weighted by Gasteiger charge is 2.31. The van der Waals surface area contributed by atoms with E-state index in [-0.39, 0.29) is 17.4 Å². The SMILES string of the molecule is O=S(=O)(c1ccc2c(c1)OCCCO2)N1CCCC(CF)C1. The minimum Gasteiger partial charge on any atom is -0.490 e. The van der Waals surface area contributed by atoms with E-state index in [9.17, 15) is 12.8 Å². The van der Waals surface area contributed by atoms with Crippen molar-refractivity contribution in [3.63, 3.8) is 0 Å². The third kappa shape index (κ3) is 3.05. The van der Waals surface area contributed by atoms with Crippen molar-refractivity contribution in [3.8, 4) is 11.5 Å². The van der Waals surface area contributed by atoms with Crippen molar-refractivity contribution < 1.29 is 22.3 Å². The summed E-state index contributed by atoms with van der Waals surface area (Å²) in [7, 11) is -3.62. The Kier molecular flexibility index (Phi) is 4.54. The number of piperidine rings is 1. The molecule has 122 valence electrons. The van der Waals surface area contributed by atoms with Crippen molar-refractivity contribution in [3.05, 3.63) is 18.2 Å². The van der Waals surface area contributed by atoms with Crippen LogP contribution in [0.3, 0.4) is 0 Å². The maximum atomic E-state index is 12.9. The highest BCUT2D eigenvalue weighted by molar-refractivity contribution is 7.89. The van der Waals surface area contributed by atoms with Gasteiger partial charge in [0.15, 0.2) is 11.5 Å². The molecular formula is C15H20FNO4S. The summed E-state index contributed by atoms with van der Waals surface area (Å²) in [5.41, 5.74) is 0. The Bertz CT molecular complexity index is 634. The predicted molar refractivity (Wildman–Crippen MR) is 79.5 cm³/mol. The van der Waals surface area contributed by atoms with Crippen molar-refractivity contribution in [1.29, 1.82) is 0 Å². The lowest BCUT2D eigenvalue weighted by molar-refractivity contribution is 0.226. The number of nitrogens with zero attached hydrogens (tertiary/aromatic N) is 1. The number of hydrogen-bond donors (Lipinski definition) is 0. The summed E-state index contributed by atoms with van der Waals surface area (Å²) in [6.07, 6.45) is 2.20. The fraction of sp³-hybridized carbons (Fsp3) is 0.600. The van der Waals surface area contributed by atoms with E-state index in [0.717, 1.165) is 12.8 Å². The number of halogens is 1. The van der Waals surface area contributed by atoms with Crippen LogP contribution in [0.25, 0.3) is 0 Å². The Hall–Kier alpha value is -1.34. The number of fused-ring (bicyclic) bond motifs is 1. The van der Waals surface area contributed by atoms with E-state index in [1.165, 1.54) is 16.4 Å². The first kappa shape index (κ1) is 15.6. The zero-order valence-electron chi connectivity index (χ0n) is 12.3. The Labute approximate surface area is 130 Å². The van der Waals surface area contributed by atoms with Crippen LogP contribution in [0.4, 0.5) is 4.39 Å². The van der Waals surface area contributed by atoms with Crippen LogP contribution in [-0.4, -0.2) is 45.7 Å². The highest BCUT2D eigenvalue weighted by Crippen LogP contribution is 2.33. The van der Waals surface area contributed by atoms with Gasteiger partial charge >= 0.3 is 0 Å². The number of benzene rings is 1. The lowest BCUT2D eigenvalue weighted by Crippen LogP contribution is -2.40. The number of rotatable bonds is 3. The molecule has 0 N–H and O–H groups in total. The molecule has 2 heterocycles. The molecule has 0 bridgehead atoms. The van der Waals surface area contributed by atoms with Gasteiger partial charge in [-0.25, -0.2) is 8.42 Å². The van der Waals surface area contributed by atoms with Crippen LogP contribution in [0.15, 0.2) is 23.1 Å². The second-order valence-corrected chi connectivity index (χ2v) is 7.62. The fourth-order valence-corrected chi connectivity index (χ4v) is 4.39. The van der Waals surface area contributed by atoms with Gasteiger partial charge in [0.1, 0.15) is 0 Å².